The first-order chi connectivity index (χ1) is 12.1. The Bertz CT molecular complexity index is 675. The molecule has 2 rings (SSSR count). The number of hydrogen-bond acceptors (Lipinski definition) is 4. The summed E-state index contributed by atoms with van der Waals surface area (Å²) in [5.74, 6) is 1.73. The van der Waals surface area contributed by atoms with Gasteiger partial charge in [0.05, 0.1) is 13.7 Å². The van der Waals surface area contributed by atoms with Gasteiger partial charge in [0.2, 0.25) is 0 Å². The molecule has 1 atom stereocenters. The Labute approximate surface area is 152 Å². The van der Waals surface area contributed by atoms with Crippen LogP contribution in [0.25, 0.3) is 0 Å². The number of hydrogen-bond donors (Lipinski definition) is 1. The number of methoxy groups -OCH3 is 1. The summed E-state index contributed by atoms with van der Waals surface area (Å²) in [6, 6.07) is 14.3. The minimum absolute atomic E-state index is 0.180. The van der Waals surface area contributed by atoms with E-state index in [4.69, 9.17) is 25.8 Å². The highest BCUT2D eigenvalue weighted by atomic mass is 35.5. The lowest BCUT2D eigenvalue weighted by Gasteiger charge is -2.17. The van der Waals surface area contributed by atoms with Crippen molar-refractivity contribution in [3.63, 3.8) is 0 Å². The van der Waals surface area contributed by atoms with Gasteiger partial charge in [0.15, 0.2) is 17.6 Å². The molecule has 6 heteroatoms. The van der Waals surface area contributed by atoms with Crippen molar-refractivity contribution in [2.45, 2.75) is 19.4 Å². The summed E-state index contributed by atoms with van der Waals surface area (Å²) >= 11 is 5.84. The van der Waals surface area contributed by atoms with E-state index in [0.29, 0.717) is 41.8 Å². The van der Waals surface area contributed by atoms with Crippen LogP contribution < -0.4 is 19.5 Å². The molecule has 1 amide bonds. The highest BCUT2D eigenvalue weighted by Crippen LogP contribution is 2.25. The van der Waals surface area contributed by atoms with E-state index in [1.807, 2.05) is 31.2 Å². The molecule has 1 N–H and O–H groups in total. The third-order valence-electron chi connectivity index (χ3n) is 3.48. The lowest BCUT2D eigenvalue weighted by atomic mass is 10.2. The minimum atomic E-state index is -0.563. The van der Waals surface area contributed by atoms with Crippen LogP contribution in [0.15, 0.2) is 48.5 Å². The van der Waals surface area contributed by atoms with Crippen LogP contribution in [0.1, 0.15) is 13.3 Å². The van der Waals surface area contributed by atoms with Crippen LogP contribution in [0.4, 0.5) is 0 Å². The predicted octanol–water partition coefficient (Wildman–Crippen LogP) is 3.70. The second kappa shape index (κ2) is 9.79. The van der Waals surface area contributed by atoms with Gasteiger partial charge >= 0.3 is 0 Å². The Morgan fingerprint density at radius 3 is 2.44 bits per heavy atom. The van der Waals surface area contributed by atoms with Gasteiger partial charge < -0.3 is 19.5 Å². The number of amides is 1. The van der Waals surface area contributed by atoms with E-state index < -0.39 is 6.10 Å². The monoisotopic (exact) mass is 363 g/mol. The zero-order chi connectivity index (χ0) is 18.1. The quantitative estimate of drug-likeness (QED) is 0.690. The lowest BCUT2D eigenvalue weighted by molar-refractivity contribution is -0.128. The Morgan fingerprint density at radius 1 is 1.12 bits per heavy atom. The molecule has 5 nitrogen and oxygen atoms in total. The fraction of sp³-hybridized carbons (Fsp3) is 0.316. The summed E-state index contributed by atoms with van der Waals surface area (Å²) in [5.41, 5.74) is 0. The fourth-order valence-electron chi connectivity index (χ4n) is 2.19. The molecule has 0 radical (unpaired) electrons. The topological polar surface area (TPSA) is 56.8 Å². The first-order valence-corrected chi connectivity index (χ1v) is 8.47. The molecule has 0 saturated carbocycles. The number of ether oxygens (including phenoxy) is 3. The molecule has 0 bridgehead atoms. The molecule has 2 aromatic carbocycles. The van der Waals surface area contributed by atoms with Crippen molar-refractivity contribution in [1.29, 1.82) is 0 Å². The summed E-state index contributed by atoms with van der Waals surface area (Å²) in [6.45, 7) is 2.60. The largest absolute Gasteiger partial charge is 0.493 e. The van der Waals surface area contributed by atoms with Crippen LogP contribution in [0.5, 0.6) is 17.2 Å². The first kappa shape index (κ1) is 18.9. The lowest BCUT2D eigenvalue weighted by Crippen LogP contribution is -2.39. The normalized spacial score (nSPS) is 11.5. The van der Waals surface area contributed by atoms with E-state index >= 15 is 0 Å². The number of para-hydroxylation sites is 2. The van der Waals surface area contributed by atoms with Gasteiger partial charge in [0, 0.05) is 5.02 Å². The van der Waals surface area contributed by atoms with Crippen molar-refractivity contribution in [2.24, 2.45) is 0 Å². The number of carbonyl (C=O) groups excluding carboxylic acids is 1. The van der Waals surface area contributed by atoms with Gasteiger partial charge in [-0.3, -0.25) is 4.79 Å². The van der Waals surface area contributed by atoms with Crippen LogP contribution in [0, 0.1) is 0 Å². The molecule has 1 unspecified atom stereocenters. The summed E-state index contributed by atoms with van der Waals surface area (Å²) in [7, 11) is 1.59. The zero-order valence-corrected chi connectivity index (χ0v) is 15.1. The summed E-state index contributed by atoms with van der Waals surface area (Å²) < 4.78 is 16.5. The van der Waals surface area contributed by atoms with E-state index in [0.717, 1.165) is 0 Å². The molecule has 2 aromatic rings. The maximum Gasteiger partial charge on any atom is 0.261 e. The predicted molar refractivity (Wildman–Crippen MR) is 97.7 cm³/mol. The first-order valence-electron chi connectivity index (χ1n) is 8.09. The van der Waals surface area contributed by atoms with E-state index in [2.05, 4.69) is 5.32 Å². The fourth-order valence-corrected chi connectivity index (χ4v) is 2.31. The zero-order valence-electron chi connectivity index (χ0n) is 14.3. The van der Waals surface area contributed by atoms with Gasteiger partial charge in [-0.15, -0.1) is 0 Å². The molecular weight excluding hydrogens is 342 g/mol. The number of halogens is 1. The van der Waals surface area contributed by atoms with Gasteiger partial charge in [0.1, 0.15) is 12.4 Å². The Balaban J connectivity index is 1.78. The van der Waals surface area contributed by atoms with Crippen LogP contribution >= 0.6 is 11.6 Å². The van der Waals surface area contributed by atoms with Crippen molar-refractivity contribution in [3.8, 4) is 17.2 Å². The van der Waals surface area contributed by atoms with Gasteiger partial charge in [-0.05, 0) is 42.8 Å². The van der Waals surface area contributed by atoms with Crippen molar-refractivity contribution in [2.75, 3.05) is 20.3 Å². The van der Waals surface area contributed by atoms with Crippen LogP contribution in [0.2, 0.25) is 5.02 Å². The van der Waals surface area contributed by atoms with Gasteiger partial charge in [-0.2, -0.15) is 0 Å². The maximum absolute atomic E-state index is 12.2. The molecule has 0 spiro atoms. The Morgan fingerprint density at radius 2 is 1.80 bits per heavy atom. The summed E-state index contributed by atoms with van der Waals surface area (Å²) in [4.78, 5) is 12.2. The smallest absolute Gasteiger partial charge is 0.261 e. The Kier molecular flexibility index (Phi) is 7.41. The Hall–Kier alpha value is -2.40. The van der Waals surface area contributed by atoms with Crippen molar-refractivity contribution < 1.29 is 19.0 Å². The summed E-state index contributed by atoms with van der Waals surface area (Å²) in [6.07, 6.45) is -0.00519. The molecule has 0 heterocycles. The maximum atomic E-state index is 12.2. The van der Waals surface area contributed by atoms with Crippen LogP contribution in [0.3, 0.4) is 0 Å². The van der Waals surface area contributed by atoms with E-state index in [-0.39, 0.29) is 5.91 Å². The standard InChI is InChI=1S/C19H22ClNO4/c1-3-16(25-15-10-8-14(20)9-11-15)19(22)21-12-13-24-18-7-5-4-6-17(18)23-2/h4-11,16H,3,12-13H2,1-2H3,(H,21,22). The number of benzene rings is 2. The van der Waals surface area contributed by atoms with E-state index in [9.17, 15) is 4.79 Å². The second-order valence-corrected chi connectivity index (χ2v) is 5.70. The van der Waals surface area contributed by atoms with Gasteiger partial charge in [-0.1, -0.05) is 30.7 Å². The molecule has 0 aliphatic heterocycles. The molecule has 0 aromatic heterocycles. The van der Waals surface area contributed by atoms with Gasteiger partial charge in [-0.25, -0.2) is 0 Å². The van der Waals surface area contributed by atoms with Crippen LogP contribution in [-0.4, -0.2) is 32.3 Å². The van der Waals surface area contributed by atoms with Gasteiger partial charge in [0.25, 0.3) is 5.91 Å². The molecule has 0 aliphatic carbocycles. The number of carbonyl (C=O) groups is 1. The molecule has 0 fully saturated rings. The van der Waals surface area contributed by atoms with E-state index in [1.54, 1.807) is 31.4 Å². The van der Waals surface area contributed by atoms with Crippen molar-refractivity contribution in [1.82, 2.24) is 5.32 Å². The van der Waals surface area contributed by atoms with Crippen molar-refractivity contribution >= 4 is 17.5 Å². The summed E-state index contributed by atoms with van der Waals surface area (Å²) in [5, 5.41) is 3.44. The molecule has 0 saturated heterocycles. The minimum Gasteiger partial charge on any atom is -0.493 e. The highest BCUT2D eigenvalue weighted by Gasteiger charge is 2.17. The molecule has 0 aliphatic rings. The average Bonchev–Trinajstić information content (AvgIpc) is 2.64. The molecule has 25 heavy (non-hydrogen) atoms. The van der Waals surface area contributed by atoms with Crippen molar-refractivity contribution in [3.05, 3.63) is 53.6 Å². The average molecular weight is 364 g/mol. The number of nitrogens with one attached hydrogen (secondary N) is 1. The number of rotatable bonds is 9. The second-order valence-electron chi connectivity index (χ2n) is 5.26. The third kappa shape index (κ3) is 5.87. The SMILES string of the molecule is CCC(Oc1ccc(Cl)cc1)C(=O)NCCOc1ccccc1OC. The highest BCUT2D eigenvalue weighted by molar-refractivity contribution is 6.30. The molecule has 134 valence electrons. The molecular formula is C19H22ClNO4. The third-order valence-corrected chi connectivity index (χ3v) is 3.74. The van der Waals surface area contributed by atoms with Crippen LogP contribution in [-0.2, 0) is 4.79 Å². The van der Waals surface area contributed by atoms with E-state index in [1.165, 1.54) is 0 Å².